The van der Waals surface area contributed by atoms with E-state index in [1.165, 1.54) is 21.9 Å². The summed E-state index contributed by atoms with van der Waals surface area (Å²) in [5.41, 5.74) is -0.226. The number of carboxylic acids is 1. The number of rotatable bonds is 8. The van der Waals surface area contributed by atoms with Crippen molar-refractivity contribution in [2.45, 2.75) is 51.9 Å². The second kappa shape index (κ2) is 11.4. The van der Waals surface area contributed by atoms with Crippen molar-refractivity contribution in [3.63, 3.8) is 0 Å². The molecule has 1 aliphatic heterocycles. The Morgan fingerprint density at radius 3 is 2.37 bits per heavy atom. The van der Waals surface area contributed by atoms with Crippen molar-refractivity contribution in [1.29, 1.82) is 0 Å². The molecule has 1 aliphatic rings. The third-order valence-electron chi connectivity index (χ3n) is 6.57. The molecule has 0 atom stereocenters. The first-order chi connectivity index (χ1) is 19.1. The highest BCUT2D eigenvalue weighted by Gasteiger charge is 2.39. The summed E-state index contributed by atoms with van der Waals surface area (Å²) in [5, 5.41) is 9.92. The van der Waals surface area contributed by atoms with E-state index in [4.69, 9.17) is 4.74 Å². The topological polar surface area (TPSA) is 83.0 Å². The summed E-state index contributed by atoms with van der Waals surface area (Å²) in [5.74, 6) is -5.85. The minimum atomic E-state index is -4.89. The first-order valence-corrected chi connectivity index (χ1v) is 12.8. The van der Waals surface area contributed by atoms with E-state index >= 15 is 0 Å². The molecule has 4 rings (SSSR count). The van der Waals surface area contributed by atoms with Crippen LogP contribution in [0.2, 0.25) is 0 Å². The van der Waals surface area contributed by atoms with Crippen molar-refractivity contribution >= 4 is 17.6 Å². The number of alkyl halides is 5. The Morgan fingerprint density at radius 2 is 1.80 bits per heavy atom. The van der Waals surface area contributed by atoms with Gasteiger partial charge in [-0.3, -0.25) is 9.69 Å². The van der Waals surface area contributed by atoms with Crippen LogP contribution >= 0.6 is 0 Å². The fourth-order valence-corrected chi connectivity index (χ4v) is 4.60. The van der Waals surface area contributed by atoms with Gasteiger partial charge < -0.3 is 14.7 Å². The normalized spacial score (nSPS) is 15.2. The van der Waals surface area contributed by atoms with Crippen molar-refractivity contribution in [1.82, 2.24) is 9.88 Å². The van der Waals surface area contributed by atoms with Crippen LogP contribution in [0.4, 0.5) is 27.6 Å². The van der Waals surface area contributed by atoms with Gasteiger partial charge in [0.1, 0.15) is 11.3 Å². The van der Waals surface area contributed by atoms with Gasteiger partial charge in [0.15, 0.2) is 0 Å². The van der Waals surface area contributed by atoms with E-state index in [0.717, 1.165) is 23.9 Å². The molecule has 218 valence electrons. The van der Waals surface area contributed by atoms with E-state index < -0.39 is 48.0 Å². The lowest BCUT2D eigenvalue weighted by Crippen LogP contribution is -2.38. The van der Waals surface area contributed by atoms with Gasteiger partial charge in [-0.15, -0.1) is 0 Å². The summed E-state index contributed by atoms with van der Waals surface area (Å²) in [6.45, 7) is 4.59. The van der Waals surface area contributed by atoms with E-state index in [0.29, 0.717) is 5.56 Å². The number of carboxylic acid groups (broad SMARTS) is 1. The van der Waals surface area contributed by atoms with Crippen LogP contribution < -0.4 is 9.64 Å². The van der Waals surface area contributed by atoms with Crippen LogP contribution in [0.3, 0.4) is 0 Å². The average molecular weight is 578 g/mol. The number of ether oxygens (including phenoxy) is 1. The van der Waals surface area contributed by atoms with Crippen molar-refractivity contribution in [3.05, 3.63) is 82.5 Å². The molecule has 12 heteroatoms. The minimum Gasteiger partial charge on any atom is -0.478 e. The van der Waals surface area contributed by atoms with Gasteiger partial charge in [0, 0.05) is 37.3 Å². The third-order valence-corrected chi connectivity index (χ3v) is 6.57. The Labute approximate surface area is 233 Å². The number of hydrogen-bond acceptors (Lipinski definition) is 5. The van der Waals surface area contributed by atoms with E-state index in [1.54, 1.807) is 38.1 Å². The quantitative estimate of drug-likeness (QED) is 0.297. The number of nitrogens with zero attached hydrogens (tertiary/aromatic N) is 3. The van der Waals surface area contributed by atoms with Gasteiger partial charge in [-0.1, -0.05) is 17.7 Å². The smallest absolute Gasteiger partial charge is 0.421 e. The molecule has 0 radical (unpaired) electrons. The molecule has 0 aliphatic carbocycles. The molecule has 1 amide bonds. The average Bonchev–Trinajstić information content (AvgIpc) is 3.23. The van der Waals surface area contributed by atoms with E-state index in [2.05, 4.69) is 4.98 Å². The second-order valence-corrected chi connectivity index (χ2v) is 10.2. The number of carbonyl (C=O) groups excluding carboxylic acids is 1. The van der Waals surface area contributed by atoms with Crippen molar-refractivity contribution in [3.8, 4) is 11.6 Å². The number of halogens is 5. The monoisotopic (exact) mass is 577 g/mol. The highest BCUT2D eigenvalue weighted by atomic mass is 19.4. The fourth-order valence-electron chi connectivity index (χ4n) is 4.60. The molecular weight excluding hydrogens is 549 g/mol. The number of aromatic carboxylic acids is 1. The summed E-state index contributed by atoms with van der Waals surface area (Å²) in [6, 6.07) is 10.6. The minimum absolute atomic E-state index is 0.0344. The third kappa shape index (κ3) is 6.99. The molecule has 1 aromatic heterocycles. The Balaban J connectivity index is 1.65. The van der Waals surface area contributed by atoms with E-state index in [1.807, 2.05) is 6.92 Å². The van der Waals surface area contributed by atoms with Crippen LogP contribution in [0.5, 0.6) is 11.6 Å². The van der Waals surface area contributed by atoms with Crippen LogP contribution in [0.25, 0.3) is 0 Å². The molecule has 1 fully saturated rings. The number of pyridine rings is 1. The molecule has 41 heavy (non-hydrogen) atoms. The molecule has 0 unspecified atom stereocenters. The van der Waals surface area contributed by atoms with Crippen LogP contribution in [0.15, 0.2) is 54.7 Å². The summed E-state index contributed by atoms with van der Waals surface area (Å²) in [7, 11) is 0. The summed E-state index contributed by atoms with van der Waals surface area (Å²) >= 11 is 0. The van der Waals surface area contributed by atoms with Crippen LogP contribution in [0.1, 0.15) is 57.7 Å². The molecule has 2 heterocycles. The largest absolute Gasteiger partial charge is 0.478 e. The van der Waals surface area contributed by atoms with Crippen molar-refractivity contribution in [2.24, 2.45) is 0 Å². The maximum atomic E-state index is 13.9. The number of benzene rings is 2. The zero-order valence-corrected chi connectivity index (χ0v) is 22.5. The number of hydrogen-bond donors (Lipinski definition) is 1. The van der Waals surface area contributed by atoms with Gasteiger partial charge in [-0.2, -0.15) is 13.2 Å². The zero-order chi connectivity index (χ0) is 30.1. The van der Waals surface area contributed by atoms with Gasteiger partial charge in [-0.25, -0.2) is 18.6 Å². The van der Waals surface area contributed by atoms with E-state index in [-0.39, 0.29) is 42.1 Å². The molecule has 7 nitrogen and oxygen atoms in total. The lowest BCUT2D eigenvalue weighted by molar-refractivity contribution is -0.139. The fraction of sp³-hybridized carbons (Fsp3) is 0.345. The first-order valence-electron chi connectivity index (χ1n) is 12.8. The Hall–Kier alpha value is -4.06. The molecule has 3 aromatic rings. The summed E-state index contributed by atoms with van der Waals surface area (Å²) in [4.78, 5) is 31.9. The second-order valence-electron chi connectivity index (χ2n) is 10.2. The van der Waals surface area contributed by atoms with Crippen LogP contribution in [-0.2, 0) is 12.7 Å². The first kappa shape index (κ1) is 29.9. The Kier molecular flexibility index (Phi) is 8.34. The van der Waals surface area contributed by atoms with Gasteiger partial charge >= 0.3 is 12.1 Å². The number of aryl methyl sites for hydroxylation is 1. The maximum absolute atomic E-state index is 13.9. The molecule has 0 saturated carbocycles. The van der Waals surface area contributed by atoms with Gasteiger partial charge in [0.05, 0.1) is 17.8 Å². The standard InChI is InChI=1S/C29H28F5N3O4/c1-17(2)37(26(38)20-6-4-18(3)5-7-20)24-9-8-21(13-22(24)27(39)40)41-25-23(29(32,33)34)12-19(14-35-25)15-36-11-10-28(30,31)16-36/h4-9,12-14,17H,10-11,15-16H2,1-3H3,(H,39,40). The SMILES string of the molecule is Cc1ccc(C(=O)N(c2ccc(Oc3ncc(CN4CCC(F)(F)C4)cc3C(F)(F)F)cc2C(=O)O)C(C)C)cc1. The van der Waals surface area contributed by atoms with Crippen molar-refractivity contribution in [2.75, 3.05) is 18.0 Å². The van der Waals surface area contributed by atoms with Gasteiger partial charge in [0.25, 0.3) is 11.8 Å². The lowest BCUT2D eigenvalue weighted by atomic mass is 10.1. The Bertz CT molecular complexity index is 1440. The summed E-state index contributed by atoms with van der Waals surface area (Å²) in [6.07, 6.45) is -4.16. The Morgan fingerprint density at radius 1 is 1.12 bits per heavy atom. The molecule has 0 spiro atoms. The molecule has 0 bridgehead atoms. The highest BCUT2D eigenvalue weighted by molar-refractivity contribution is 6.09. The number of likely N-dealkylation sites (tertiary alicyclic amines) is 1. The van der Waals surface area contributed by atoms with Crippen molar-refractivity contribution < 1.29 is 41.4 Å². The summed E-state index contributed by atoms with van der Waals surface area (Å²) < 4.78 is 74.2. The number of amides is 1. The molecular formula is C29H28F5N3O4. The maximum Gasteiger partial charge on any atom is 0.421 e. The van der Waals surface area contributed by atoms with Crippen LogP contribution in [-0.4, -0.2) is 51.9 Å². The van der Waals surface area contributed by atoms with Gasteiger partial charge in [-0.05, 0) is 62.7 Å². The van der Waals surface area contributed by atoms with Crippen LogP contribution in [0, 0.1) is 6.92 Å². The number of anilines is 1. The number of aromatic nitrogens is 1. The van der Waals surface area contributed by atoms with E-state index in [9.17, 15) is 36.6 Å². The molecule has 1 saturated heterocycles. The zero-order valence-electron chi connectivity index (χ0n) is 22.5. The predicted molar refractivity (Wildman–Crippen MR) is 141 cm³/mol. The highest BCUT2D eigenvalue weighted by Crippen LogP contribution is 2.39. The molecule has 1 N–H and O–H groups in total. The predicted octanol–water partition coefficient (Wildman–Crippen LogP) is 6.80. The number of carbonyl (C=O) groups is 2. The van der Waals surface area contributed by atoms with Gasteiger partial charge in [0.2, 0.25) is 5.88 Å². The molecule has 2 aromatic carbocycles. The lowest BCUT2D eigenvalue weighted by Gasteiger charge is -2.28.